The fourth-order valence-corrected chi connectivity index (χ4v) is 1.68. The molecule has 0 unspecified atom stereocenters. The lowest BCUT2D eigenvalue weighted by Crippen LogP contribution is -2.26. The maximum Gasteiger partial charge on any atom is 0.123 e. The molecule has 1 heterocycles. The number of nitrogens with one attached hydrogen (secondary N) is 1. The molecule has 2 nitrogen and oxygen atoms in total. The summed E-state index contributed by atoms with van der Waals surface area (Å²) in [7, 11) is 0. The van der Waals surface area contributed by atoms with Crippen LogP contribution in [0.3, 0.4) is 0 Å². The summed E-state index contributed by atoms with van der Waals surface area (Å²) in [4.78, 5) is 0. The molecule has 1 aliphatic rings. The minimum absolute atomic E-state index is 0.203. The molecular weight excluding hydrogens is 181 g/mol. The van der Waals surface area contributed by atoms with E-state index in [2.05, 4.69) is 5.32 Å². The van der Waals surface area contributed by atoms with Crippen LogP contribution in [0, 0.1) is 5.82 Å². The van der Waals surface area contributed by atoms with Gasteiger partial charge in [-0.15, -0.1) is 0 Å². The van der Waals surface area contributed by atoms with Crippen molar-refractivity contribution in [2.75, 3.05) is 11.9 Å². The Morgan fingerprint density at radius 1 is 1.36 bits per heavy atom. The van der Waals surface area contributed by atoms with E-state index in [-0.39, 0.29) is 11.9 Å². The Labute approximate surface area is 83.1 Å². The minimum Gasteiger partial charge on any atom is -0.380 e. The highest BCUT2D eigenvalue weighted by molar-refractivity contribution is 5.44. The van der Waals surface area contributed by atoms with Gasteiger partial charge in [0.25, 0.3) is 0 Å². The Kier molecular flexibility index (Phi) is 2.68. The van der Waals surface area contributed by atoms with Crippen LogP contribution in [-0.2, 0) is 4.74 Å². The molecule has 14 heavy (non-hydrogen) atoms. The van der Waals surface area contributed by atoms with Crippen molar-refractivity contribution >= 4 is 5.69 Å². The van der Waals surface area contributed by atoms with E-state index < -0.39 is 0 Å². The molecule has 2 rings (SSSR count). The van der Waals surface area contributed by atoms with Crippen LogP contribution in [0.2, 0.25) is 0 Å². The van der Waals surface area contributed by atoms with Crippen LogP contribution in [0.5, 0.6) is 0 Å². The van der Waals surface area contributed by atoms with Crippen LogP contribution >= 0.6 is 0 Å². The first-order valence-corrected chi connectivity index (χ1v) is 4.89. The molecule has 0 aliphatic carbocycles. The normalized spacial score (nSPS) is 26.4. The first kappa shape index (κ1) is 9.46. The zero-order valence-corrected chi connectivity index (χ0v) is 8.16. The Balaban J connectivity index is 2.00. The lowest BCUT2D eigenvalue weighted by molar-refractivity contribution is 0.121. The smallest absolute Gasteiger partial charge is 0.123 e. The van der Waals surface area contributed by atoms with Crippen molar-refractivity contribution in [3.05, 3.63) is 30.1 Å². The molecule has 0 aromatic heterocycles. The van der Waals surface area contributed by atoms with Crippen molar-refractivity contribution in [1.29, 1.82) is 0 Å². The third-order valence-corrected chi connectivity index (χ3v) is 2.57. The van der Waals surface area contributed by atoms with Crippen molar-refractivity contribution in [1.82, 2.24) is 0 Å². The summed E-state index contributed by atoms with van der Waals surface area (Å²) in [6.45, 7) is 2.86. The predicted molar refractivity (Wildman–Crippen MR) is 53.8 cm³/mol. The molecule has 1 aromatic rings. The largest absolute Gasteiger partial charge is 0.380 e. The summed E-state index contributed by atoms with van der Waals surface area (Å²) in [6.07, 6.45) is 1.25. The van der Waals surface area contributed by atoms with E-state index in [0.717, 1.165) is 18.7 Å². The quantitative estimate of drug-likeness (QED) is 0.782. The van der Waals surface area contributed by atoms with E-state index in [4.69, 9.17) is 4.74 Å². The van der Waals surface area contributed by atoms with Gasteiger partial charge in [-0.05, 0) is 37.6 Å². The highest BCUT2D eigenvalue weighted by atomic mass is 19.1. The summed E-state index contributed by atoms with van der Waals surface area (Å²) in [5.74, 6) is -0.203. The van der Waals surface area contributed by atoms with Crippen molar-refractivity contribution in [2.45, 2.75) is 25.5 Å². The maximum absolute atomic E-state index is 12.6. The molecule has 1 N–H and O–H groups in total. The molecule has 1 saturated heterocycles. The fraction of sp³-hybridized carbons (Fsp3) is 0.455. The molecule has 3 heteroatoms. The van der Waals surface area contributed by atoms with Gasteiger partial charge >= 0.3 is 0 Å². The van der Waals surface area contributed by atoms with Gasteiger partial charge in [-0.3, -0.25) is 0 Å². The number of hydrogen-bond acceptors (Lipinski definition) is 2. The van der Waals surface area contributed by atoms with Crippen molar-refractivity contribution in [3.63, 3.8) is 0 Å². The lowest BCUT2D eigenvalue weighted by Gasteiger charge is -2.17. The first-order chi connectivity index (χ1) is 6.75. The van der Waals surface area contributed by atoms with Crippen molar-refractivity contribution in [3.8, 4) is 0 Å². The third kappa shape index (κ3) is 2.04. The molecule has 0 saturated carbocycles. The maximum atomic E-state index is 12.6. The Morgan fingerprint density at radius 2 is 2.07 bits per heavy atom. The van der Waals surface area contributed by atoms with Crippen LogP contribution in [0.4, 0.5) is 10.1 Å². The van der Waals surface area contributed by atoms with Gasteiger partial charge < -0.3 is 10.1 Å². The van der Waals surface area contributed by atoms with Crippen LogP contribution in [0.1, 0.15) is 13.3 Å². The number of hydrogen-bond donors (Lipinski definition) is 1. The topological polar surface area (TPSA) is 21.3 Å². The third-order valence-electron chi connectivity index (χ3n) is 2.57. The lowest BCUT2D eigenvalue weighted by atomic mass is 10.1. The standard InChI is InChI=1S/C11H14FNO/c1-8-11(6-7-14-8)13-10-4-2-9(12)3-5-10/h2-5,8,11,13H,6-7H2,1H3/t8-,11-/m1/s1. The summed E-state index contributed by atoms with van der Waals surface area (Å²) in [5, 5.41) is 3.33. The minimum atomic E-state index is -0.203. The average molecular weight is 195 g/mol. The van der Waals surface area contributed by atoms with Gasteiger partial charge in [0.05, 0.1) is 12.1 Å². The highest BCUT2D eigenvalue weighted by Gasteiger charge is 2.23. The summed E-state index contributed by atoms with van der Waals surface area (Å²) >= 11 is 0. The van der Waals surface area contributed by atoms with Crippen LogP contribution in [0.25, 0.3) is 0 Å². The van der Waals surface area contributed by atoms with E-state index in [0.29, 0.717) is 6.04 Å². The van der Waals surface area contributed by atoms with Gasteiger partial charge in [0.2, 0.25) is 0 Å². The zero-order chi connectivity index (χ0) is 9.97. The molecular formula is C11H14FNO. The van der Waals surface area contributed by atoms with E-state index in [9.17, 15) is 4.39 Å². The number of rotatable bonds is 2. The van der Waals surface area contributed by atoms with Gasteiger partial charge in [0, 0.05) is 12.3 Å². The predicted octanol–water partition coefficient (Wildman–Crippen LogP) is 2.42. The second kappa shape index (κ2) is 3.96. The van der Waals surface area contributed by atoms with Gasteiger partial charge in [-0.1, -0.05) is 0 Å². The van der Waals surface area contributed by atoms with Gasteiger partial charge in [-0.2, -0.15) is 0 Å². The zero-order valence-electron chi connectivity index (χ0n) is 8.16. The van der Waals surface area contributed by atoms with Crippen molar-refractivity contribution < 1.29 is 9.13 Å². The first-order valence-electron chi connectivity index (χ1n) is 4.89. The SMILES string of the molecule is C[C@H]1OCC[C@H]1Nc1ccc(F)cc1. The van der Waals surface area contributed by atoms with E-state index in [1.165, 1.54) is 12.1 Å². The number of ether oxygens (including phenoxy) is 1. The van der Waals surface area contributed by atoms with Gasteiger partial charge in [-0.25, -0.2) is 4.39 Å². The molecule has 0 radical (unpaired) electrons. The second-order valence-electron chi connectivity index (χ2n) is 3.62. The molecule has 0 amide bonds. The van der Waals surface area contributed by atoms with E-state index in [1.54, 1.807) is 12.1 Å². The number of halogens is 1. The molecule has 1 aromatic carbocycles. The molecule has 0 spiro atoms. The van der Waals surface area contributed by atoms with Gasteiger partial charge in [0.1, 0.15) is 5.82 Å². The highest BCUT2D eigenvalue weighted by Crippen LogP contribution is 2.18. The summed E-state index contributed by atoms with van der Waals surface area (Å²) in [6, 6.07) is 6.77. The Bertz CT molecular complexity index is 299. The second-order valence-corrected chi connectivity index (χ2v) is 3.62. The number of anilines is 1. The Morgan fingerprint density at radius 3 is 2.64 bits per heavy atom. The van der Waals surface area contributed by atoms with Crippen LogP contribution < -0.4 is 5.32 Å². The van der Waals surface area contributed by atoms with Crippen LogP contribution in [-0.4, -0.2) is 18.8 Å². The fourth-order valence-electron chi connectivity index (χ4n) is 1.68. The van der Waals surface area contributed by atoms with E-state index >= 15 is 0 Å². The van der Waals surface area contributed by atoms with Gasteiger partial charge in [0.15, 0.2) is 0 Å². The van der Waals surface area contributed by atoms with Crippen LogP contribution in [0.15, 0.2) is 24.3 Å². The molecule has 2 atom stereocenters. The molecule has 0 bridgehead atoms. The Hall–Kier alpha value is -1.09. The summed E-state index contributed by atoms with van der Waals surface area (Å²) in [5.41, 5.74) is 0.953. The van der Waals surface area contributed by atoms with E-state index in [1.807, 2.05) is 6.92 Å². The molecule has 1 fully saturated rings. The van der Waals surface area contributed by atoms with Crippen molar-refractivity contribution in [2.24, 2.45) is 0 Å². The molecule has 1 aliphatic heterocycles. The number of benzene rings is 1. The summed E-state index contributed by atoms with van der Waals surface area (Å²) < 4.78 is 18.0. The monoisotopic (exact) mass is 195 g/mol. The average Bonchev–Trinajstić information content (AvgIpc) is 2.56. The molecule has 76 valence electrons.